The van der Waals surface area contributed by atoms with Crippen LogP contribution < -0.4 is 11.1 Å². The first kappa shape index (κ1) is 15.2. The van der Waals surface area contributed by atoms with Gasteiger partial charge < -0.3 is 15.6 Å². The van der Waals surface area contributed by atoms with Crippen LogP contribution in [0.15, 0.2) is 28.8 Å². The Hall–Kier alpha value is -2.21. The quantitative estimate of drug-likeness (QED) is 0.872. The highest BCUT2D eigenvalue weighted by Crippen LogP contribution is 2.16. The summed E-state index contributed by atoms with van der Waals surface area (Å²) in [6.07, 6.45) is 0. The van der Waals surface area contributed by atoms with Crippen molar-refractivity contribution in [3.05, 3.63) is 35.7 Å². The number of aromatic nitrogens is 2. The molecule has 0 spiro atoms. The lowest BCUT2D eigenvalue weighted by Crippen LogP contribution is -2.43. The van der Waals surface area contributed by atoms with Crippen molar-refractivity contribution in [2.45, 2.75) is 33.4 Å². The molecule has 21 heavy (non-hydrogen) atoms. The summed E-state index contributed by atoms with van der Waals surface area (Å²) in [7, 11) is 0. The van der Waals surface area contributed by atoms with Crippen LogP contribution in [0.4, 0.5) is 0 Å². The van der Waals surface area contributed by atoms with Gasteiger partial charge in [0.05, 0.1) is 12.6 Å². The highest BCUT2D eigenvalue weighted by atomic mass is 16.5. The summed E-state index contributed by atoms with van der Waals surface area (Å²) in [5.41, 5.74) is 7.80. The molecule has 0 radical (unpaired) electrons. The molecule has 112 valence electrons. The molecule has 6 heteroatoms. The molecule has 0 aliphatic rings. The molecule has 6 nitrogen and oxygen atoms in total. The SMILES string of the molecule is Cc1ccc(-c2noc(CNC(=O)[C@@H](N)C(C)C)n2)cc1. The van der Waals surface area contributed by atoms with Crippen LogP contribution in [0.2, 0.25) is 0 Å². The highest BCUT2D eigenvalue weighted by molar-refractivity contribution is 5.81. The molecule has 0 aliphatic carbocycles. The van der Waals surface area contributed by atoms with Crippen LogP contribution in [-0.4, -0.2) is 22.1 Å². The van der Waals surface area contributed by atoms with E-state index in [0.29, 0.717) is 11.7 Å². The minimum absolute atomic E-state index is 0.0794. The van der Waals surface area contributed by atoms with E-state index in [9.17, 15) is 4.79 Å². The second-order valence-corrected chi connectivity index (χ2v) is 5.37. The summed E-state index contributed by atoms with van der Waals surface area (Å²) < 4.78 is 5.12. The fourth-order valence-electron chi connectivity index (χ4n) is 1.73. The lowest BCUT2D eigenvalue weighted by molar-refractivity contribution is -0.123. The van der Waals surface area contributed by atoms with Crippen molar-refractivity contribution in [1.82, 2.24) is 15.5 Å². The molecular formula is C15H20N4O2. The number of rotatable bonds is 5. The Morgan fingerprint density at radius 3 is 2.62 bits per heavy atom. The molecule has 0 unspecified atom stereocenters. The van der Waals surface area contributed by atoms with Gasteiger partial charge in [-0.25, -0.2) is 0 Å². The summed E-state index contributed by atoms with van der Waals surface area (Å²) in [4.78, 5) is 16.0. The Morgan fingerprint density at radius 1 is 1.33 bits per heavy atom. The van der Waals surface area contributed by atoms with E-state index in [-0.39, 0.29) is 18.4 Å². The average Bonchev–Trinajstić information content (AvgIpc) is 2.93. The van der Waals surface area contributed by atoms with Crippen LogP contribution in [-0.2, 0) is 11.3 Å². The van der Waals surface area contributed by atoms with Crippen molar-refractivity contribution in [3.8, 4) is 11.4 Å². The predicted octanol–water partition coefficient (Wildman–Crippen LogP) is 1.64. The number of nitrogens with one attached hydrogen (secondary N) is 1. The molecule has 0 saturated carbocycles. The zero-order valence-corrected chi connectivity index (χ0v) is 12.5. The van der Waals surface area contributed by atoms with Crippen LogP contribution in [0.3, 0.4) is 0 Å². The molecule has 2 aromatic rings. The Bertz CT molecular complexity index is 604. The molecule has 1 aromatic heterocycles. The Labute approximate surface area is 123 Å². The van der Waals surface area contributed by atoms with E-state index in [1.807, 2.05) is 45.0 Å². The topological polar surface area (TPSA) is 94.0 Å². The first-order valence-corrected chi connectivity index (χ1v) is 6.90. The average molecular weight is 288 g/mol. The molecule has 0 aliphatic heterocycles. The maximum absolute atomic E-state index is 11.7. The van der Waals surface area contributed by atoms with Crippen molar-refractivity contribution in [2.24, 2.45) is 11.7 Å². The molecular weight excluding hydrogens is 268 g/mol. The standard InChI is InChI=1S/C15H20N4O2/c1-9(2)13(16)15(20)17-8-12-18-14(19-21-12)11-6-4-10(3)5-7-11/h4-7,9,13H,8,16H2,1-3H3,(H,17,20)/t13-/m0/s1. The molecule has 0 fully saturated rings. The molecule has 0 bridgehead atoms. The van der Waals surface area contributed by atoms with Crippen molar-refractivity contribution < 1.29 is 9.32 Å². The summed E-state index contributed by atoms with van der Waals surface area (Å²) in [6.45, 7) is 5.98. The summed E-state index contributed by atoms with van der Waals surface area (Å²) in [5.74, 6) is 0.721. The number of nitrogens with two attached hydrogens (primary N) is 1. The van der Waals surface area contributed by atoms with E-state index in [1.54, 1.807) is 0 Å². The summed E-state index contributed by atoms with van der Waals surface area (Å²) >= 11 is 0. The monoisotopic (exact) mass is 288 g/mol. The van der Waals surface area contributed by atoms with Gasteiger partial charge in [0.2, 0.25) is 17.6 Å². The van der Waals surface area contributed by atoms with E-state index in [0.717, 1.165) is 11.1 Å². The van der Waals surface area contributed by atoms with Gasteiger partial charge in [-0.2, -0.15) is 4.98 Å². The number of nitrogens with zero attached hydrogens (tertiary/aromatic N) is 2. The zero-order chi connectivity index (χ0) is 15.4. The number of hydrogen-bond donors (Lipinski definition) is 2. The van der Waals surface area contributed by atoms with Crippen LogP contribution in [0.5, 0.6) is 0 Å². The molecule has 1 amide bonds. The molecule has 3 N–H and O–H groups in total. The third-order valence-corrected chi connectivity index (χ3v) is 3.21. The van der Waals surface area contributed by atoms with Crippen LogP contribution in [0, 0.1) is 12.8 Å². The smallest absolute Gasteiger partial charge is 0.246 e. The van der Waals surface area contributed by atoms with Gasteiger partial charge in [0, 0.05) is 5.56 Å². The minimum atomic E-state index is -0.538. The van der Waals surface area contributed by atoms with E-state index in [2.05, 4.69) is 15.5 Å². The highest BCUT2D eigenvalue weighted by Gasteiger charge is 2.17. The molecule has 2 rings (SSSR count). The largest absolute Gasteiger partial charge is 0.346 e. The van der Waals surface area contributed by atoms with Gasteiger partial charge in [-0.3, -0.25) is 4.79 Å². The molecule has 1 heterocycles. The van der Waals surface area contributed by atoms with Gasteiger partial charge in [-0.05, 0) is 12.8 Å². The first-order valence-electron chi connectivity index (χ1n) is 6.90. The number of carbonyl (C=O) groups is 1. The fourth-order valence-corrected chi connectivity index (χ4v) is 1.73. The second kappa shape index (κ2) is 6.49. The van der Waals surface area contributed by atoms with Gasteiger partial charge in [0.15, 0.2) is 0 Å². The molecule has 1 atom stereocenters. The van der Waals surface area contributed by atoms with E-state index < -0.39 is 6.04 Å². The fraction of sp³-hybridized carbons (Fsp3) is 0.400. The van der Waals surface area contributed by atoms with Gasteiger partial charge in [-0.15, -0.1) is 0 Å². The van der Waals surface area contributed by atoms with Crippen molar-refractivity contribution >= 4 is 5.91 Å². The molecule has 0 saturated heterocycles. The number of benzene rings is 1. The minimum Gasteiger partial charge on any atom is -0.346 e. The van der Waals surface area contributed by atoms with Gasteiger partial charge >= 0.3 is 0 Å². The lowest BCUT2D eigenvalue weighted by atomic mass is 10.1. The van der Waals surface area contributed by atoms with Gasteiger partial charge in [0.25, 0.3) is 0 Å². The Balaban J connectivity index is 1.97. The van der Waals surface area contributed by atoms with Crippen LogP contribution in [0.1, 0.15) is 25.3 Å². The van der Waals surface area contributed by atoms with Crippen LogP contribution in [0.25, 0.3) is 11.4 Å². The van der Waals surface area contributed by atoms with Crippen molar-refractivity contribution in [2.75, 3.05) is 0 Å². The van der Waals surface area contributed by atoms with E-state index >= 15 is 0 Å². The van der Waals surface area contributed by atoms with Crippen LogP contribution >= 0.6 is 0 Å². The predicted molar refractivity (Wildman–Crippen MR) is 79.1 cm³/mol. The molecule has 1 aromatic carbocycles. The number of carbonyl (C=O) groups excluding carboxylic acids is 1. The number of hydrogen-bond acceptors (Lipinski definition) is 5. The normalized spacial score (nSPS) is 12.4. The summed E-state index contributed by atoms with van der Waals surface area (Å²) in [5, 5.41) is 6.60. The zero-order valence-electron chi connectivity index (χ0n) is 12.5. The van der Waals surface area contributed by atoms with E-state index in [4.69, 9.17) is 10.3 Å². The van der Waals surface area contributed by atoms with Crippen molar-refractivity contribution in [3.63, 3.8) is 0 Å². The van der Waals surface area contributed by atoms with E-state index in [1.165, 1.54) is 0 Å². The maximum atomic E-state index is 11.7. The van der Waals surface area contributed by atoms with Gasteiger partial charge in [-0.1, -0.05) is 48.8 Å². The number of aryl methyl sites for hydroxylation is 1. The lowest BCUT2D eigenvalue weighted by Gasteiger charge is -2.14. The Morgan fingerprint density at radius 2 is 2.00 bits per heavy atom. The first-order chi connectivity index (χ1) is 9.97. The third kappa shape index (κ3) is 3.88. The third-order valence-electron chi connectivity index (χ3n) is 3.21. The maximum Gasteiger partial charge on any atom is 0.246 e. The Kier molecular flexibility index (Phi) is 4.70. The number of amides is 1. The van der Waals surface area contributed by atoms with Crippen molar-refractivity contribution in [1.29, 1.82) is 0 Å². The summed E-state index contributed by atoms with van der Waals surface area (Å²) in [6, 6.07) is 7.28. The van der Waals surface area contributed by atoms with Gasteiger partial charge in [0.1, 0.15) is 0 Å². The second-order valence-electron chi connectivity index (χ2n) is 5.37.